The van der Waals surface area contributed by atoms with Crippen molar-refractivity contribution in [3.63, 3.8) is 0 Å². The predicted molar refractivity (Wildman–Crippen MR) is 89.9 cm³/mol. The number of rotatable bonds is 3. The highest BCUT2D eigenvalue weighted by atomic mass is 32.1. The fourth-order valence-corrected chi connectivity index (χ4v) is 3.39. The topological polar surface area (TPSA) is 34.5 Å². The van der Waals surface area contributed by atoms with Gasteiger partial charge in [0.05, 0.1) is 25.1 Å². The van der Waals surface area contributed by atoms with Crippen molar-refractivity contribution >= 4 is 17.0 Å². The summed E-state index contributed by atoms with van der Waals surface area (Å²) in [7, 11) is 1.69. The Morgan fingerprint density at radius 1 is 1.09 bits per heavy atom. The maximum Gasteiger partial charge on any atom is 0.128 e. The maximum atomic E-state index is 5.48. The monoisotopic (exact) mass is 306 g/mol. The first kappa shape index (κ1) is 13.2. The minimum absolute atomic E-state index is 0.632. The number of benzene rings is 1. The van der Waals surface area contributed by atoms with Crippen molar-refractivity contribution in [3.05, 3.63) is 70.2 Å². The Bertz CT molecular complexity index is 853. The van der Waals surface area contributed by atoms with Gasteiger partial charge in [-0.3, -0.25) is 9.98 Å². The Kier molecular flexibility index (Phi) is 3.24. The van der Waals surface area contributed by atoms with Crippen molar-refractivity contribution in [2.75, 3.05) is 7.11 Å². The molecular formula is C18H14N2OS. The van der Waals surface area contributed by atoms with E-state index in [4.69, 9.17) is 4.74 Å². The van der Waals surface area contributed by atoms with E-state index in [0.717, 1.165) is 33.8 Å². The smallest absolute Gasteiger partial charge is 0.128 e. The van der Waals surface area contributed by atoms with Crippen molar-refractivity contribution in [3.8, 4) is 16.9 Å². The quantitative estimate of drug-likeness (QED) is 0.728. The lowest BCUT2D eigenvalue weighted by molar-refractivity contribution is 0.414. The number of fused-ring (bicyclic) bond motifs is 1. The summed E-state index contributed by atoms with van der Waals surface area (Å²) in [5.74, 6) is 0.843. The van der Waals surface area contributed by atoms with E-state index in [2.05, 4.69) is 32.9 Å². The molecule has 0 bridgehead atoms. The fourth-order valence-electron chi connectivity index (χ4n) is 2.72. The van der Waals surface area contributed by atoms with E-state index in [1.165, 1.54) is 5.56 Å². The Morgan fingerprint density at radius 2 is 2.00 bits per heavy atom. The molecule has 0 saturated heterocycles. The number of aliphatic imine (C=N–C) groups is 1. The normalized spacial score (nSPS) is 12.9. The van der Waals surface area contributed by atoms with Gasteiger partial charge in [0.25, 0.3) is 0 Å². The number of nitrogens with zero attached hydrogens (tertiary/aromatic N) is 2. The van der Waals surface area contributed by atoms with E-state index in [1.54, 1.807) is 18.4 Å². The second-order valence-electron chi connectivity index (χ2n) is 5.10. The van der Waals surface area contributed by atoms with Crippen LogP contribution < -0.4 is 4.74 Å². The Hall–Kier alpha value is -2.46. The number of hydrogen-bond acceptors (Lipinski definition) is 4. The molecule has 0 unspecified atom stereocenters. The Balaban J connectivity index is 1.83. The van der Waals surface area contributed by atoms with Crippen LogP contribution in [-0.2, 0) is 6.54 Å². The molecule has 0 fully saturated rings. The SMILES string of the molecule is COc1ccccc1C1=NCc2ncc(-c3ccsc3)cc21. The molecule has 108 valence electrons. The molecule has 0 radical (unpaired) electrons. The molecule has 0 atom stereocenters. The van der Waals surface area contributed by atoms with Crippen LogP contribution in [0, 0.1) is 0 Å². The number of hydrogen-bond donors (Lipinski definition) is 0. The van der Waals surface area contributed by atoms with Gasteiger partial charge in [0.15, 0.2) is 0 Å². The standard InChI is InChI=1S/C18H14N2OS/c1-21-17-5-3-2-4-14(17)18-15-8-13(12-6-7-22-11-12)9-19-16(15)10-20-18/h2-9,11H,10H2,1H3. The molecule has 4 heteroatoms. The first-order valence-corrected chi connectivity index (χ1v) is 8.01. The maximum absolute atomic E-state index is 5.48. The van der Waals surface area contributed by atoms with Crippen LogP contribution in [0.5, 0.6) is 5.75 Å². The summed E-state index contributed by atoms with van der Waals surface area (Å²) in [6, 6.07) is 12.3. The summed E-state index contributed by atoms with van der Waals surface area (Å²) in [5.41, 5.74) is 6.45. The average molecular weight is 306 g/mol. The lowest BCUT2D eigenvalue weighted by Gasteiger charge is -2.10. The summed E-state index contributed by atoms with van der Waals surface area (Å²) < 4.78 is 5.48. The number of thiophene rings is 1. The third-order valence-corrected chi connectivity index (χ3v) is 4.51. The minimum Gasteiger partial charge on any atom is -0.496 e. The first-order valence-electron chi connectivity index (χ1n) is 7.06. The first-order chi connectivity index (χ1) is 10.9. The molecular weight excluding hydrogens is 292 g/mol. The van der Waals surface area contributed by atoms with E-state index >= 15 is 0 Å². The van der Waals surface area contributed by atoms with Gasteiger partial charge < -0.3 is 4.74 Å². The number of pyridine rings is 1. The van der Waals surface area contributed by atoms with Gasteiger partial charge in [0, 0.05) is 22.9 Å². The number of para-hydroxylation sites is 1. The zero-order chi connectivity index (χ0) is 14.9. The molecule has 1 aromatic carbocycles. The van der Waals surface area contributed by atoms with Crippen LogP contribution in [0.25, 0.3) is 11.1 Å². The number of methoxy groups -OCH3 is 1. The van der Waals surface area contributed by atoms with E-state index in [0.29, 0.717) is 6.54 Å². The van der Waals surface area contributed by atoms with Crippen LogP contribution in [0.3, 0.4) is 0 Å². The largest absolute Gasteiger partial charge is 0.496 e. The molecule has 0 aliphatic carbocycles. The van der Waals surface area contributed by atoms with E-state index < -0.39 is 0 Å². The third kappa shape index (κ3) is 2.12. The molecule has 3 nitrogen and oxygen atoms in total. The van der Waals surface area contributed by atoms with E-state index in [-0.39, 0.29) is 0 Å². The molecule has 4 rings (SSSR count). The number of aromatic nitrogens is 1. The molecule has 1 aliphatic rings. The predicted octanol–water partition coefficient (Wildman–Crippen LogP) is 4.17. The summed E-state index contributed by atoms with van der Waals surface area (Å²) >= 11 is 1.69. The van der Waals surface area contributed by atoms with E-state index in [9.17, 15) is 0 Å². The molecule has 1 aliphatic heterocycles. The van der Waals surface area contributed by atoms with Crippen molar-refractivity contribution in [2.24, 2.45) is 4.99 Å². The summed E-state index contributed by atoms with van der Waals surface area (Å²) in [4.78, 5) is 9.28. The van der Waals surface area contributed by atoms with Crippen LogP contribution in [0.15, 0.2) is 58.3 Å². The molecule has 22 heavy (non-hydrogen) atoms. The van der Waals surface area contributed by atoms with Gasteiger partial charge in [-0.25, -0.2) is 0 Å². The van der Waals surface area contributed by atoms with Crippen LogP contribution in [0.4, 0.5) is 0 Å². The second-order valence-corrected chi connectivity index (χ2v) is 5.88. The number of ether oxygens (including phenoxy) is 1. The highest BCUT2D eigenvalue weighted by Gasteiger charge is 2.21. The lowest BCUT2D eigenvalue weighted by atomic mass is 9.99. The van der Waals surface area contributed by atoms with Gasteiger partial charge in [-0.2, -0.15) is 11.3 Å². The Labute approximate surface area is 133 Å². The van der Waals surface area contributed by atoms with Crippen molar-refractivity contribution in [2.45, 2.75) is 6.54 Å². The highest BCUT2D eigenvalue weighted by Crippen LogP contribution is 2.30. The second kappa shape index (κ2) is 5.39. The van der Waals surface area contributed by atoms with Gasteiger partial charge in [0.1, 0.15) is 5.75 Å². The van der Waals surface area contributed by atoms with Gasteiger partial charge >= 0.3 is 0 Å². The van der Waals surface area contributed by atoms with Crippen molar-refractivity contribution in [1.29, 1.82) is 0 Å². The van der Waals surface area contributed by atoms with Gasteiger partial charge in [-0.05, 0) is 40.6 Å². The molecule has 3 heterocycles. The molecule has 3 aromatic rings. The van der Waals surface area contributed by atoms with Crippen molar-refractivity contribution in [1.82, 2.24) is 4.98 Å². The van der Waals surface area contributed by atoms with Crippen LogP contribution in [-0.4, -0.2) is 17.8 Å². The van der Waals surface area contributed by atoms with Crippen LogP contribution in [0.2, 0.25) is 0 Å². The Morgan fingerprint density at radius 3 is 2.82 bits per heavy atom. The lowest BCUT2D eigenvalue weighted by Crippen LogP contribution is -2.04. The van der Waals surface area contributed by atoms with Crippen LogP contribution >= 0.6 is 11.3 Å². The molecule has 0 amide bonds. The molecule has 2 aromatic heterocycles. The molecule has 0 spiro atoms. The van der Waals surface area contributed by atoms with Gasteiger partial charge in [0.2, 0.25) is 0 Å². The minimum atomic E-state index is 0.632. The molecule has 0 N–H and O–H groups in total. The van der Waals surface area contributed by atoms with Crippen molar-refractivity contribution < 1.29 is 4.74 Å². The zero-order valence-corrected chi connectivity index (χ0v) is 12.9. The summed E-state index contributed by atoms with van der Waals surface area (Å²) in [5, 5.41) is 4.22. The van der Waals surface area contributed by atoms with Gasteiger partial charge in [-0.15, -0.1) is 0 Å². The van der Waals surface area contributed by atoms with Gasteiger partial charge in [-0.1, -0.05) is 12.1 Å². The summed E-state index contributed by atoms with van der Waals surface area (Å²) in [6.07, 6.45) is 1.93. The summed E-state index contributed by atoms with van der Waals surface area (Å²) in [6.45, 7) is 0.632. The fraction of sp³-hybridized carbons (Fsp3) is 0.111. The highest BCUT2D eigenvalue weighted by molar-refractivity contribution is 7.08. The van der Waals surface area contributed by atoms with Crippen LogP contribution in [0.1, 0.15) is 16.8 Å². The average Bonchev–Trinajstić information content (AvgIpc) is 3.23. The van der Waals surface area contributed by atoms with E-state index in [1.807, 2.05) is 30.5 Å². The molecule has 0 saturated carbocycles. The zero-order valence-electron chi connectivity index (χ0n) is 12.1. The third-order valence-electron chi connectivity index (χ3n) is 3.83.